The summed E-state index contributed by atoms with van der Waals surface area (Å²) in [5.74, 6) is 2.10. The molecule has 0 aliphatic heterocycles. The van der Waals surface area contributed by atoms with Crippen molar-refractivity contribution in [1.29, 1.82) is 0 Å². The molecule has 3 rings (SSSR count). The summed E-state index contributed by atoms with van der Waals surface area (Å²) in [4.78, 5) is 14.8. The quantitative estimate of drug-likeness (QED) is 0.646. The highest BCUT2D eigenvalue weighted by Crippen LogP contribution is 2.28. The number of carbonyl (C=O) groups excluding carboxylic acids is 1. The maximum atomic E-state index is 12.8. The first-order valence-electron chi connectivity index (χ1n) is 9.16. The van der Waals surface area contributed by atoms with Gasteiger partial charge in [0.15, 0.2) is 5.58 Å². The fourth-order valence-corrected chi connectivity index (χ4v) is 3.15. The predicted molar refractivity (Wildman–Crippen MR) is 108 cm³/mol. The molecule has 7 nitrogen and oxygen atoms in total. The second kappa shape index (κ2) is 8.39. The van der Waals surface area contributed by atoms with Crippen molar-refractivity contribution in [3.63, 3.8) is 0 Å². The van der Waals surface area contributed by atoms with Crippen LogP contribution in [-0.4, -0.2) is 56.8 Å². The van der Waals surface area contributed by atoms with E-state index in [2.05, 4.69) is 5.32 Å². The van der Waals surface area contributed by atoms with Crippen LogP contribution >= 0.6 is 0 Å². The molecule has 2 heterocycles. The van der Waals surface area contributed by atoms with E-state index < -0.39 is 0 Å². The van der Waals surface area contributed by atoms with Gasteiger partial charge in [-0.25, -0.2) is 0 Å². The van der Waals surface area contributed by atoms with Gasteiger partial charge in [0.1, 0.15) is 23.0 Å². The van der Waals surface area contributed by atoms with Crippen molar-refractivity contribution in [1.82, 2.24) is 14.8 Å². The molecule has 0 fully saturated rings. The van der Waals surface area contributed by atoms with Crippen molar-refractivity contribution >= 4 is 17.0 Å². The SMILES string of the molecule is COc1cc(Cn2c(C(=O)NCCN(C)C)cc3oc(C)cc32)cc(OC)c1. The Morgan fingerprint density at radius 1 is 1.11 bits per heavy atom. The number of carbonyl (C=O) groups is 1. The minimum Gasteiger partial charge on any atom is -0.497 e. The van der Waals surface area contributed by atoms with Crippen LogP contribution in [0, 0.1) is 6.92 Å². The molecule has 0 atom stereocenters. The number of methoxy groups -OCH3 is 2. The van der Waals surface area contributed by atoms with Gasteiger partial charge in [0, 0.05) is 37.8 Å². The van der Waals surface area contributed by atoms with Crippen molar-refractivity contribution in [2.75, 3.05) is 41.4 Å². The zero-order valence-electron chi connectivity index (χ0n) is 17.0. The summed E-state index contributed by atoms with van der Waals surface area (Å²) < 4.78 is 18.5. The Morgan fingerprint density at radius 2 is 1.79 bits per heavy atom. The van der Waals surface area contributed by atoms with E-state index in [1.807, 2.05) is 54.8 Å². The molecule has 0 saturated heterocycles. The zero-order chi connectivity index (χ0) is 20.3. The molecular formula is C21H27N3O4. The number of aromatic nitrogens is 1. The lowest BCUT2D eigenvalue weighted by Crippen LogP contribution is -2.32. The van der Waals surface area contributed by atoms with E-state index in [4.69, 9.17) is 13.9 Å². The summed E-state index contributed by atoms with van der Waals surface area (Å²) in [6.45, 7) is 3.74. The summed E-state index contributed by atoms with van der Waals surface area (Å²) in [5.41, 5.74) is 3.12. The molecule has 3 aromatic rings. The van der Waals surface area contributed by atoms with Gasteiger partial charge in [-0.1, -0.05) is 0 Å². The molecule has 7 heteroatoms. The first-order chi connectivity index (χ1) is 13.4. The van der Waals surface area contributed by atoms with Crippen LogP contribution in [0.5, 0.6) is 11.5 Å². The van der Waals surface area contributed by atoms with Gasteiger partial charge < -0.3 is 28.7 Å². The van der Waals surface area contributed by atoms with Gasteiger partial charge in [0.05, 0.1) is 19.7 Å². The van der Waals surface area contributed by atoms with E-state index in [1.54, 1.807) is 20.3 Å². The topological polar surface area (TPSA) is 68.9 Å². The summed E-state index contributed by atoms with van der Waals surface area (Å²) in [7, 11) is 7.19. The maximum absolute atomic E-state index is 12.8. The van der Waals surface area contributed by atoms with Crippen LogP contribution in [0.4, 0.5) is 0 Å². The van der Waals surface area contributed by atoms with Crippen LogP contribution in [0.3, 0.4) is 0 Å². The van der Waals surface area contributed by atoms with Gasteiger partial charge in [-0.2, -0.15) is 0 Å². The number of fused-ring (bicyclic) bond motifs is 1. The molecule has 150 valence electrons. The molecule has 0 bridgehead atoms. The second-order valence-corrected chi connectivity index (χ2v) is 7.00. The van der Waals surface area contributed by atoms with Crippen LogP contribution in [0.2, 0.25) is 0 Å². The highest BCUT2D eigenvalue weighted by molar-refractivity contribution is 5.97. The molecule has 0 radical (unpaired) electrons. The Balaban J connectivity index is 1.95. The van der Waals surface area contributed by atoms with Crippen molar-refractivity contribution in [3.8, 4) is 11.5 Å². The van der Waals surface area contributed by atoms with Gasteiger partial charge in [0.25, 0.3) is 5.91 Å². The first kappa shape index (κ1) is 19.8. The van der Waals surface area contributed by atoms with Gasteiger partial charge in [-0.05, 0) is 38.7 Å². The Labute approximate surface area is 164 Å². The molecule has 0 spiro atoms. The number of rotatable bonds is 8. The number of aryl methyl sites for hydroxylation is 1. The molecule has 2 aromatic heterocycles. The largest absolute Gasteiger partial charge is 0.497 e. The van der Waals surface area contributed by atoms with E-state index in [0.29, 0.717) is 35.9 Å². The van der Waals surface area contributed by atoms with Gasteiger partial charge in [-0.3, -0.25) is 4.79 Å². The molecule has 1 aromatic carbocycles. The molecule has 0 aliphatic rings. The number of hydrogen-bond acceptors (Lipinski definition) is 5. The number of nitrogens with zero attached hydrogens (tertiary/aromatic N) is 2. The number of benzene rings is 1. The van der Waals surface area contributed by atoms with Crippen LogP contribution in [-0.2, 0) is 6.54 Å². The summed E-state index contributed by atoms with van der Waals surface area (Å²) in [6.07, 6.45) is 0. The van der Waals surface area contributed by atoms with E-state index in [-0.39, 0.29) is 5.91 Å². The minimum absolute atomic E-state index is 0.124. The summed E-state index contributed by atoms with van der Waals surface area (Å²) >= 11 is 0. The molecular weight excluding hydrogens is 358 g/mol. The minimum atomic E-state index is -0.124. The van der Waals surface area contributed by atoms with Gasteiger partial charge >= 0.3 is 0 Å². The van der Waals surface area contributed by atoms with Crippen molar-refractivity contribution in [2.45, 2.75) is 13.5 Å². The number of ether oxygens (including phenoxy) is 2. The third-order valence-electron chi connectivity index (χ3n) is 4.54. The number of amides is 1. The molecule has 28 heavy (non-hydrogen) atoms. The predicted octanol–water partition coefficient (Wildman–Crippen LogP) is 2.90. The number of furan rings is 1. The zero-order valence-corrected chi connectivity index (χ0v) is 17.0. The highest BCUT2D eigenvalue weighted by atomic mass is 16.5. The summed E-state index contributed by atoms with van der Waals surface area (Å²) in [5, 5.41) is 2.97. The molecule has 0 saturated carbocycles. The lowest BCUT2D eigenvalue weighted by molar-refractivity contribution is 0.0942. The van der Waals surface area contributed by atoms with Crippen LogP contribution in [0.25, 0.3) is 11.1 Å². The number of nitrogens with one attached hydrogen (secondary N) is 1. The van der Waals surface area contributed by atoms with E-state index in [1.165, 1.54) is 0 Å². The van der Waals surface area contributed by atoms with Gasteiger partial charge in [-0.15, -0.1) is 0 Å². The molecule has 1 N–H and O–H groups in total. The first-order valence-corrected chi connectivity index (χ1v) is 9.16. The molecule has 1 amide bonds. The lowest BCUT2D eigenvalue weighted by atomic mass is 10.2. The average Bonchev–Trinajstić information content (AvgIpc) is 3.18. The van der Waals surface area contributed by atoms with E-state index in [9.17, 15) is 4.79 Å². The third-order valence-corrected chi connectivity index (χ3v) is 4.54. The van der Waals surface area contributed by atoms with Crippen molar-refractivity contribution in [3.05, 3.63) is 47.3 Å². The fraction of sp³-hybridized carbons (Fsp3) is 0.381. The molecule has 0 unspecified atom stereocenters. The normalized spacial score (nSPS) is 11.2. The third kappa shape index (κ3) is 4.31. The maximum Gasteiger partial charge on any atom is 0.268 e. The smallest absolute Gasteiger partial charge is 0.268 e. The van der Waals surface area contributed by atoms with Crippen molar-refractivity contribution < 1.29 is 18.7 Å². The summed E-state index contributed by atoms with van der Waals surface area (Å²) in [6, 6.07) is 9.45. The average molecular weight is 385 g/mol. The Morgan fingerprint density at radius 3 is 2.39 bits per heavy atom. The lowest BCUT2D eigenvalue weighted by Gasteiger charge is -2.14. The second-order valence-electron chi connectivity index (χ2n) is 7.00. The highest BCUT2D eigenvalue weighted by Gasteiger charge is 2.19. The van der Waals surface area contributed by atoms with Gasteiger partial charge in [0.2, 0.25) is 0 Å². The number of hydrogen-bond donors (Lipinski definition) is 1. The number of likely N-dealkylation sites (N-methyl/N-ethyl adjacent to an activating group) is 1. The van der Waals surface area contributed by atoms with Crippen LogP contribution in [0.15, 0.2) is 34.7 Å². The van der Waals surface area contributed by atoms with Crippen LogP contribution < -0.4 is 14.8 Å². The monoisotopic (exact) mass is 385 g/mol. The van der Waals surface area contributed by atoms with Crippen LogP contribution in [0.1, 0.15) is 21.8 Å². The molecule has 0 aliphatic carbocycles. The van der Waals surface area contributed by atoms with Crippen molar-refractivity contribution in [2.24, 2.45) is 0 Å². The fourth-order valence-electron chi connectivity index (χ4n) is 3.15. The van der Waals surface area contributed by atoms with E-state index >= 15 is 0 Å². The Kier molecular flexibility index (Phi) is 5.94. The standard InChI is InChI=1S/C21H27N3O4/c1-14-8-18-20(28-14)12-19(21(25)22-6-7-23(2)3)24(18)13-15-9-16(26-4)11-17(10-15)27-5/h8-12H,6-7,13H2,1-5H3,(H,22,25). The van der Waals surface area contributed by atoms with E-state index in [0.717, 1.165) is 23.4 Å². The Bertz CT molecular complexity index is 949. The Hall–Kier alpha value is -2.93.